The van der Waals surface area contributed by atoms with Gasteiger partial charge in [0.15, 0.2) is 0 Å². The van der Waals surface area contributed by atoms with Gasteiger partial charge in [0.25, 0.3) is 0 Å². The zero-order valence-electron chi connectivity index (χ0n) is 8.07. The number of nitrogens with zero attached hydrogens (tertiary/aromatic N) is 1. The van der Waals surface area contributed by atoms with E-state index in [1.807, 2.05) is 6.92 Å². The number of hydrogen-bond donors (Lipinski definition) is 1. The molecular weight excluding hydrogens is 166 g/mol. The maximum atomic E-state index is 11.0. The summed E-state index contributed by atoms with van der Waals surface area (Å²) in [6, 6.07) is 0.348. The summed E-state index contributed by atoms with van der Waals surface area (Å²) in [5.41, 5.74) is 0. The van der Waals surface area contributed by atoms with Crippen molar-refractivity contribution in [2.45, 2.75) is 44.7 Å². The van der Waals surface area contributed by atoms with Crippen LogP contribution in [-0.4, -0.2) is 34.6 Å². The molecule has 1 heterocycles. The number of piperidine rings is 1. The summed E-state index contributed by atoms with van der Waals surface area (Å²) in [4.78, 5) is 13.2. The number of carboxylic acids is 1. The van der Waals surface area contributed by atoms with Crippen molar-refractivity contribution < 1.29 is 9.90 Å². The minimum Gasteiger partial charge on any atom is -0.480 e. The first-order chi connectivity index (χ1) is 6.22. The molecule has 3 unspecified atom stereocenters. The minimum absolute atomic E-state index is 0.227. The average Bonchev–Trinajstić information content (AvgIpc) is 2.65. The first-order valence-electron chi connectivity index (χ1n) is 5.21. The van der Waals surface area contributed by atoms with Crippen LogP contribution in [0.25, 0.3) is 0 Å². The van der Waals surface area contributed by atoms with Gasteiger partial charge in [-0.15, -0.1) is 0 Å². The predicted octanol–water partition coefficient (Wildman–Crippen LogP) is 1.33. The van der Waals surface area contributed by atoms with Crippen molar-refractivity contribution in [3.05, 3.63) is 0 Å². The van der Waals surface area contributed by atoms with E-state index in [1.165, 1.54) is 19.3 Å². The number of likely N-dealkylation sites (tertiary alicyclic amines) is 1. The maximum absolute atomic E-state index is 11.0. The molecule has 2 aliphatic rings. The third-order valence-electron chi connectivity index (χ3n) is 3.52. The molecule has 2 rings (SSSR count). The van der Waals surface area contributed by atoms with E-state index in [4.69, 9.17) is 5.11 Å². The molecule has 0 aromatic carbocycles. The fourth-order valence-electron chi connectivity index (χ4n) is 2.90. The van der Waals surface area contributed by atoms with Crippen LogP contribution in [0.5, 0.6) is 0 Å². The number of hydrogen-bond acceptors (Lipinski definition) is 2. The first kappa shape index (κ1) is 9.00. The molecule has 0 aromatic rings. The molecule has 3 heteroatoms. The van der Waals surface area contributed by atoms with Gasteiger partial charge in [0.1, 0.15) is 6.04 Å². The van der Waals surface area contributed by atoms with E-state index in [2.05, 4.69) is 4.90 Å². The predicted molar refractivity (Wildman–Crippen MR) is 49.5 cm³/mol. The van der Waals surface area contributed by atoms with E-state index in [9.17, 15) is 4.79 Å². The Balaban J connectivity index is 2.04. The highest BCUT2D eigenvalue weighted by Gasteiger charge is 2.42. The second-order valence-electron chi connectivity index (χ2n) is 4.29. The molecule has 0 spiro atoms. The molecule has 1 aliphatic heterocycles. The highest BCUT2D eigenvalue weighted by molar-refractivity contribution is 5.73. The van der Waals surface area contributed by atoms with E-state index in [0.717, 1.165) is 18.9 Å². The van der Waals surface area contributed by atoms with Crippen molar-refractivity contribution in [3.63, 3.8) is 0 Å². The van der Waals surface area contributed by atoms with Crippen molar-refractivity contribution in [1.82, 2.24) is 4.90 Å². The standard InChI is InChI=1S/C10H17NO2/c1-2-9(10(12)13)11-6-7-3-4-8(11)5-7/h7-9H,2-6H2,1H3,(H,12,13). The fourth-order valence-corrected chi connectivity index (χ4v) is 2.90. The van der Waals surface area contributed by atoms with Gasteiger partial charge in [0, 0.05) is 12.6 Å². The van der Waals surface area contributed by atoms with Crippen molar-refractivity contribution in [2.75, 3.05) is 6.54 Å². The summed E-state index contributed by atoms with van der Waals surface area (Å²) < 4.78 is 0. The third-order valence-corrected chi connectivity index (χ3v) is 3.52. The summed E-state index contributed by atoms with van der Waals surface area (Å²) in [7, 11) is 0. The normalized spacial score (nSPS) is 35.2. The average molecular weight is 183 g/mol. The van der Waals surface area contributed by atoms with Gasteiger partial charge < -0.3 is 5.11 Å². The summed E-state index contributed by atoms with van der Waals surface area (Å²) in [5.74, 6) is 0.147. The topological polar surface area (TPSA) is 40.5 Å². The Morgan fingerprint density at radius 1 is 1.62 bits per heavy atom. The molecule has 74 valence electrons. The van der Waals surface area contributed by atoms with Gasteiger partial charge in [0.2, 0.25) is 0 Å². The Morgan fingerprint density at radius 3 is 2.77 bits per heavy atom. The lowest BCUT2D eigenvalue weighted by atomic mass is 10.1. The molecule has 0 amide bonds. The highest BCUT2D eigenvalue weighted by atomic mass is 16.4. The largest absolute Gasteiger partial charge is 0.480 e. The van der Waals surface area contributed by atoms with Crippen molar-refractivity contribution >= 4 is 5.97 Å². The van der Waals surface area contributed by atoms with E-state index in [-0.39, 0.29) is 6.04 Å². The molecule has 2 fully saturated rings. The van der Waals surface area contributed by atoms with E-state index in [0.29, 0.717) is 6.04 Å². The highest BCUT2D eigenvalue weighted by Crippen LogP contribution is 2.38. The molecule has 0 radical (unpaired) electrons. The van der Waals surface area contributed by atoms with E-state index < -0.39 is 5.97 Å². The second-order valence-corrected chi connectivity index (χ2v) is 4.29. The Hall–Kier alpha value is -0.570. The molecule has 1 saturated heterocycles. The minimum atomic E-state index is -0.643. The third kappa shape index (κ3) is 1.46. The molecule has 1 aliphatic carbocycles. The Kier molecular flexibility index (Phi) is 2.28. The van der Waals surface area contributed by atoms with Crippen LogP contribution in [0.1, 0.15) is 32.6 Å². The smallest absolute Gasteiger partial charge is 0.320 e. The van der Waals surface area contributed by atoms with Gasteiger partial charge in [-0.1, -0.05) is 6.92 Å². The van der Waals surface area contributed by atoms with Crippen LogP contribution in [0.15, 0.2) is 0 Å². The molecular formula is C10H17NO2. The zero-order chi connectivity index (χ0) is 9.42. The lowest BCUT2D eigenvalue weighted by Crippen LogP contribution is -2.45. The molecule has 13 heavy (non-hydrogen) atoms. The van der Waals surface area contributed by atoms with Crippen LogP contribution < -0.4 is 0 Å². The van der Waals surface area contributed by atoms with Crippen LogP contribution in [0.2, 0.25) is 0 Å². The van der Waals surface area contributed by atoms with Crippen LogP contribution in [0.4, 0.5) is 0 Å². The maximum Gasteiger partial charge on any atom is 0.320 e. The molecule has 3 nitrogen and oxygen atoms in total. The van der Waals surface area contributed by atoms with Crippen LogP contribution in [0.3, 0.4) is 0 Å². The molecule has 1 saturated carbocycles. The Labute approximate surface area is 78.7 Å². The van der Waals surface area contributed by atoms with Crippen LogP contribution >= 0.6 is 0 Å². The van der Waals surface area contributed by atoms with Gasteiger partial charge in [-0.05, 0) is 31.6 Å². The molecule has 0 aromatic heterocycles. The number of rotatable bonds is 3. The van der Waals surface area contributed by atoms with E-state index >= 15 is 0 Å². The Morgan fingerprint density at radius 2 is 2.38 bits per heavy atom. The summed E-state index contributed by atoms with van der Waals surface area (Å²) in [6.07, 6.45) is 4.51. The summed E-state index contributed by atoms with van der Waals surface area (Å²) in [5, 5.41) is 9.02. The summed E-state index contributed by atoms with van der Waals surface area (Å²) >= 11 is 0. The summed E-state index contributed by atoms with van der Waals surface area (Å²) in [6.45, 7) is 2.99. The van der Waals surface area contributed by atoms with Gasteiger partial charge in [-0.25, -0.2) is 0 Å². The van der Waals surface area contributed by atoms with Gasteiger partial charge in [-0.3, -0.25) is 9.69 Å². The number of carboxylic acid groups (broad SMARTS) is 1. The Bertz CT molecular complexity index is 217. The molecule has 1 N–H and O–H groups in total. The van der Waals surface area contributed by atoms with Crippen molar-refractivity contribution in [3.8, 4) is 0 Å². The molecule has 3 atom stereocenters. The number of aliphatic carboxylic acids is 1. The quantitative estimate of drug-likeness (QED) is 0.717. The zero-order valence-corrected chi connectivity index (χ0v) is 8.07. The van der Waals surface area contributed by atoms with Gasteiger partial charge in [-0.2, -0.15) is 0 Å². The van der Waals surface area contributed by atoms with Crippen LogP contribution in [-0.2, 0) is 4.79 Å². The number of fused-ring (bicyclic) bond motifs is 2. The van der Waals surface area contributed by atoms with Crippen molar-refractivity contribution in [2.24, 2.45) is 5.92 Å². The van der Waals surface area contributed by atoms with E-state index in [1.54, 1.807) is 0 Å². The lowest BCUT2D eigenvalue weighted by molar-refractivity contribution is -0.144. The van der Waals surface area contributed by atoms with Gasteiger partial charge in [0.05, 0.1) is 0 Å². The van der Waals surface area contributed by atoms with Crippen molar-refractivity contribution in [1.29, 1.82) is 0 Å². The first-order valence-corrected chi connectivity index (χ1v) is 5.21. The fraction of sp³-hybridized carbons (Fsp3) is 0.900. The van der Waals surface area contributed by atoms with Crippen LogP contribution in [0, 0.1) is 5.92 Å². The molecule has 2 bridgehead atoms. The second kappa shape index (κ2) is 3.29. The van der Waals surface area contributed by atoms with Gasteiger partial charge >= 0.3 is 5.97 Å². The monoisotopic (exact) mass is 183 g/mol. The number of carbonyl (C=O) groups is 1. The SMILES string of the molecule is CCC(C(=O)O)N1CC2CCC1C2. The lowest BCUT2D eigenvalue weighted by Gasteiger charge is -2.31.